The van der Waals surface area contributed by atoms with Crippen molar-refractivity contribution >= 4 is 11.8 Å². The summed E-state index contributed by atoms with van der Waals surface area (Å²) in [4.78, 5) is 16.7. The summed E-state index contributed by atoms with van der Waals surface area (Å²) in [7, 11) is 0. The highest BCUT2D eigenvalue weighted by Gasteiger charge is 2.21. The molecular weight excluding hydrogens is 378 g/mol. The van der Waals surface area contributed by atoms with Crippen molar-refractivity contribution in [2.45, 2.75) is 13.3 Å². The fourth-order valence-electron chi connectivity index (χ4n) is 3.19. The largest absolute Gasteiger partial charge is 0.494 e. The summed E-state index contributed by atoms with van der Waals surface area (Å²) < 4.78 is 11.1. The monoisotopic (exact) mass is 399 g/mol. The molecule has 0 aliphatic carbocycles. The molecule has 0 spiro atoms. The number of nitrogens with one attached hydrogen (secondary N) is 1. The summed E-state index contributed by atoms with van der Waals surface area (Å²) in [6.07, 6.45) is 3.63. The SMILES string of the molecule is CCOc1ccc(-c2noc(NC(=O)Cc3ccccc3)c2-c2ccncc2)cc1. The summed E-state index contributed by atoms with van der Waals surface area (Å²) in [6.45, 7) is 2.54. The van der Waals surface area contributed by atoms with E-state index in [1.54, 1.807) is 12.4 Å². The number of rotatable bonds is 7. The maximum Gasteiger partial charge on any atom is 0.239 e. The lowest BCUT2D eigenvalue weighted by Gasteiger charge is -2.07. The number of carbonyl (C=O) groups excluding carboxylic acids is 1. The zero-order valence-electron chi connectivity index (χ0n) is 16.5. The van der Waals surface area contributed by atoms with Crippen LogP contribution in [-0.2, 0) is 11.2 Å². The van der Waals surface area contributed by atoms with Crippen molar-refractivity contribution in [2.75, 3.05) is 11.9 Å². The second-order valence-electron chi connectivity index (χ2n) is 6.64. The molecule has 2 heterocycles. The van der Waals surface area contributed by atoms with E-state index >= 15 is 0 Å². The number of carbonyl (C=O) groups is 1. The predicted molar refractivity (Wildman–Crippen MR) is 115 cm³/mol. The van der Waals surface area contributed by atoms with Crippen LogP contribution < -0.4 is 10.1 Å². The van der Waals surface area contributed by atoms with E-state index in [1.165, 1.54) is 0 Å². The van der Waals surface area contributed by atoms with Crippen LogP contribution in [0.25, 0.3) is 22.4 Å². The van der Waals surface area contributed by atoms with Crippen molar-refractivity contribution in [3.8, 4) is 28.1 Å². The van der Waals surface area contributed by atoms with E-state index < -0.39 is 0 Å². The van der Waals surface area contributed by atoms with E-state index in [2.05, 4.69) is 15.5 Å². The van der Waals surface area contributed by atoms with Crippen LogP contribution in [0, 0.1) is 0 Å². The number of aromatic nitrogens is 2. The highest BCUT2D eigenvalue weighted by molar-refractivity contribution is 5.97. The van der Waals surface area contributed by atoms with Gasteiger partial charge in [-0.2, -0.15) is 0 Å². The van der Waals surface area contributed by atoms with Crippen molar-refractivity contribution in [2.24, 2.45) is 0 Å². The lowest BCUT2D eigenvalue weighted by Crippen LogP contribution is -2.14. The van der Waals surface area contributed by atoms with Crippen LogP contribution in [0.3, 0.4) is 0 Å². The van der Waals surface area contributed by atoms with Gasteiger partial charge < -0.3 is 9.26 Å². The van der Waals surface area contributed by atoms with E-state index in [0.29, 0.717) is 23.7 Å². The molecule has 0 saturated carbocycles. The molecule has 150 valence electrons. The zero-order chi connectivity index (χ0) is 20.8. The Morgan fingerprint density at radius 2 is 1.70 bits per heavy atom. The first-order valence-corrected chi connectivity index (χ1v) is 9.71. The Labute approximate surface area is 174 Å². The number of pyridine rings is 1. The molecule has 0 radical (unpaired) electrons. The summed E-state index contributed by atoms with van der Waals surface area (Å²) >= 11 is 0. The van der Waals surface area contributed by atoms with Gasteiger partial charge in [0.05, 0.1) is 18.6 Å². The van der Waals surface area contributed by atoms with Gasteiger partial charge in [-0.25, -0.2) is 0 Å². The van der Waals surface area contributed by atoms with E-state index in [-0.39, 0.29) is 12.3 Å². The van der Waals surface area contributed by atoms with Crippen molar-refractivity contribution in [1.82, 2.24) is 10.1 Å². The van der Waals surface area contributed by atoms with Gasteiger partial charge in [-0.1, -0.05) is 35.5 Å². The number of benzene rings is 2. The molecule has 4 aromatic rings. The first kappa shape index (κ1) is 19.4. The fraction of sp³-hybridized carbons (Fsp3) is 0.125. The number of amides is 1. The van der Waals surface area contributed by atoms with Gasteiger partial charge in [0.1, 0.15) is 11.4 Å². The number of nitrogens with zero attached hydrogens (tertiary/aromatic N) is 2. The molecule has 0 atom stereocenters. The molecule has 6 heteroatoms. The Hall–Kier alpha value is -3.93. The number of hydrogen-bond acceptors (Lipinski definition) is 5. The van der Waals surface area contributed by atoms with Crippen LogP contribution in [0.1, 0.15) is 12.5 Å². The first-order chi connectivity index (χ1) is 14.7. The minimum Gasteiger partial charge on any atom is -0.494 e. The Kier molecular flexibility index (Phi) is 5.85. The van der Waals surface area contributed by atoms with Crippen molar-refractivity contribution in [3.63, 3.8) is 0 Å². The Balaban J connectivity index is 1.66. The van der Waals surface area contributed by atoms with E-state index in [4.69, 9.17) is 9.26 Å². The third-order valence-corrected chi connectivity index (χ3v) is 4.56. The average Bonchev–Trinajstić information content (AvgIpc) is 3.19. The fourth-order valence-corrected chi connectivity index (χ4v) is 3.19. The van der Waals surface area contributed by atoms with Crippen LogP contribution in [0.15, 0.2) is 83.6 Å². The van der Waals surface area contributed by atoms with Gasteiger partial charge in [-0.05, 0) is 54.4 Å². The van der Waals surface area contributed by atoms with Gasteiger partial charge in [-0.3, -0.25) is 15.1 Å². The molecule has 1 N–H and O–H groups in total. The van der Waals surface area contributed by atoms with Gasteiger partial charge >= 0.3 is 0 Å². The molecule has 2 aromatic carbocycles. The van der Waals surface area contributed by atoms with Gasteiger partial charge in [0, 0.05) is 18.0 Å². The van der Waals surface area contributed by atoms with Crippen molar-refractivity contribution in [3.05, 3.63) is 84.7 Å². The van der Waals surface area contributed by atoms with Crippen LogP contribution in [0.4, 0.5) is 5.88 Å². The van der Waals surface area contributed by atoms with E-state index in [1.807, 2.05) is 73.7 Å². The molecule has 0 fully saturated rings. The van der Waals surface area contributed by atoms with Crippen LogP contribution >= 0.6 is 0 Å². The first-order valence-electron chi connectivity index (χ1n) is 9.71. The smallest absolute Gasteiger partial charge is 0.239 e. The molecule has 0 aliphatic rings. The minimum atomic E-state index is -0.175. The standard InChI is InChI=1S/C24H21N3O3/c1-2-29-20-10-8-19(9-11-20)23-22(18-12-14-25-15-13-18)24(30-27-23)26-21(28)16-17-6-4-3-5-7-17/h3-15H,2,16H2,1H3,(H,26,28). The molecular formula is C24H21N3O3. The number of anilines is 1. The molecule has 2 aromatic heterocycles. The highest BCUT2D eigenvalue weighted by Crippen LogP contribution is 2.38. The summed E-state index contributed by atoms with van der Waals surface area (Å²) in [5.41, 5.74) is 3.98. The van der Waals surface area contributed by atoms with Crippen LogP contribution in [-0.4, -0.2) is 22.7 Å². The van der Waals surface area contributed by atoms with Crippen molar-refractivity contribution < 1.29 is 14.1 Å². The van der Waals surface area contributed by atoms with E-state index in [0.717, 1.165) is 22.4 Å². The van der Waals surface area contributed by atoms with Gasteiger partial charge in [0.25, 0.3) is 0 Å². The second kappa shape index (κ2) is 9.05. The zero-order valence-corrected chi connectivity index (χ0v) is 16.5. The molecule has 6 nitrogen and oxygen atoms in total. The lowest BCUT2D eigenvalue weighted by atomic mass is 10.0. The van der Waals surface area contributed by atoms with Gasteiger partial charge in [0.2, 0.25) is 11.8 Å². The summed E-state index contributed by atoms with van der Waals surface area (Å²) in [6, 6.07) is 20.9. The normalized spacial score (nSPS) is 10.6. The topological polar surface area (TPSA) is 77.3 Å². The van der Waals surface area contributed by atoms with Crippen LogP contribution in [0.5, 0.6) is 5.75 Å². The minimum absolute atomic E-state index is 0.175. The van der Waals surface area contributed by atoms with Gasteiger partial charge in [-0.15, -0.1) is 0 Å². The molecule has 4 rings (SSSR count). The Morgan fingerprint density at radius 1 is 0.967 bits per heavy atom. The lowest BCUT2D eigenvalue weighted by molar-refractivity contribution is -0.115. The predicted octanol–water partition coefficient (Wildman–Crippen LogP) is 4.98. The van der Waals surface area contributed by atoms with Crippen molar-refractivity contribution in [1.29, 1.82) is 0 Å². The molecule has 1 amide bonds. The molecule has 0 bridgehead atoms. The van der Waals surface area contributed by atoms with Gasteiger partial charge in [0.15, 0.2) is 0 Å². The average molecular weight is 399 g/mol. The summed E-state index contributed by atoms with van der Waals surface area (Å²) in [5, 5.41) is 7.11. The maximum atomic E-state index is 12.6. The molecule has 30 heavy (non-hydrogen) atoms. The quantitative estimate of drug-likeness (QED) is 0.474. The molecule has 0 saturated heterocycles. The maximum absolute atomic E-state index is 12.6. The second-order valence-corrected chi connectivity index (χ2v) is 6.64. The third-order valence-electron chi connectivity index (χ3n) is 4.56. The highest BCUT2D eigenvalue weighted by atomic mass is 16.5. The molecule has 0 aliphatic heterocycles. The van der Waals surface area contributed by atoms with Crippen LogP contribution in [0.2, 0.25) is 0 Å². The Morgan fingerprint density at radius 3 is 2.40 bits per heavy atom. The Bertz CT molecular complexity index is 1110. The van der Waals surface area contributed by atoms with E-state index in [9.17, 15) is 4.79 Å². The third kappa shape index (κ3) is 4.38. The number of hydrogen-bond donors (Lipinski definition) is 1. The number of ether oxygens (including phenoxy) is 1. The summed E-state index contributed by atoms with van der Waals surface area (Å²) in [5.74, 6) is 0.920. The molecule has 0 unspecified atom stereocenters.